The number of hydrogen-bond acceptors (Lipinski definition) is 4. The van der Waals surface area contributed by atoms with Crippen molar-refractivity contribution in [3.63, 3.8) is 0 Å². The van der Waals surface area contributed by atoms with Gasteiger partial charge in [-0.15, -0.1) is 11.3 Å². The minimum Gasteiger partial charge on any atom is -0.298 e. The highest BCUT2D eigenvalue weighted by Gasteiger charge is 2.17. The van der Waals surface area contributed by atoms with Crippen LogP contribution in [0.25, 0.3) is 15.9 Å². The Morgan fingerprint density at radius 1 is 1.12 bits per heavy atom. The number of aromatic nitrogens is 2. The Morgan fingerprint density at radius 3 is 2.58 bits per heavy atom. The molecule has 4 rings (SSSR count). The maximum atomic E-state index is 13.2. The molecule has 0 unspecified atom stereocenters. The Labute approximate surface area is 153 Å². The Balaban J connectivity index is 1.62. The Hall–Kier alpha value is -3.19. The summed E-state index contributed by atoms with van der Waals surface area (Å²) in [5, 5.41) is 5.41. The topological polar surface area (TPSA) is 59.0 Å². The molecule has 2 aromatic heterocycles. The predicted octanol–water partition coefficient (Wildman–Crippen LogP) is 4.29. The van der Waals surface area contributed by atoms with Crippen LogP contribution in [0.2, 0.25) is 0 Å². The summed E-state index contributed by atoms with van der Waals surface area (Å²) in [7, 11) is 0. The minimum atomic E-state index is -0.299. The van der Waals surface area contributed by atoms with Crippen molar-refractivity contribution in [3.05, 3.63) is 77.1 Å². The number of nitrogens with zero attached hydrogens (tertiary/aromatic N) is 2. The van der Waals surface area contributed by atoms with Crippen LogP contribution in [0.1, 0.15) is 15.4 Å². The van der Waals surface area contributed by atoms with Crippen LogP contribution in [0.5, 0.6) is 0 Å². The Morgan fingerprint density at radius 2 is 1.85 bits per heavy atom. The summed E-state index contributed by atoms with van der Waals surface area (Å²) >= 11 is 1.34. The van der Waals surface area contributed by atoms with Crippen LogP contribution in [0, 0.1) is 12.7 Å². The third-order valence-electron chi connectivity index (χ3n) is 3.93. The number of carbonyl (C=O) groups is 1. The Kier molecular flexibility index (Phi) is 4.14. The molecule has 0 saturated carbocycles. The van der Waals surface area contributed by atoms with Crippen molar-refractivity contribution in [3.8, 4) is 5.69 Å². The lowest BCUT2D eigenvalue weighted by Gasteiger charge is -2.06. The molecular formula is C19H15FN4OS. The first-order chi connectivity index (χ1) is 12.6. The zero-order valence-corrected chi connectivity index (χ0v) is 14.7. The lowest BCUT2D eigenvalue weighted by atomic mass is 10.3. The molecule has 0 aliphatic heterocycles. The largest absolute Gasteiger partial charge is 0.298 e. The molecule has 2 N–H and O–H groups in total. The van der Waals surface area contributed by atoms with E-state index < -0.39 is 0 Å². The molecule has 0 bridgehead atoms. The zero-order valence-electron chi connectivity index (χ0n) is 13.9. The molecule has 2 heterocycles. The SMILES string of the molecule is Cc1nn(-c2ccc(F)cc2)c2sc(C(=O)NNc3ccccc3)cc12. The van der Waals surface area contributed by atoms with Crippen LogP contribution in [-0.4, -0.2) is 15.7 Å². The molecule has 0 atom stereocenters. The van der Waals surface area contributed by atoms with Gasteiger partial charge in [-0.05, 0) is 49.4 Å². The third-order valence-corrected chi connectivity index (χ3v) is 5.04. The van der Waals surface area contributed by atoms with E-state index in [9.17, 15) is 9.18 Å². The number of aryl methyl sites for hydroxylation is 1. The van der Waals surface area contributed by atoms with Gasteiger partial charge in [0.2, 0.25) is 0 Å². The van der Waals surface area contributed by atoms with Crippen LogP contribution in [0.3, 0.4) is 0 Å². The lowest BCUT2D eigenvalue weighted by Crippen LogP contribution is -2.28. The molecule has 1 amide bonds. The van der Waals surface area contributed by atoms with E-state index in [1.54, 1.807) is 16.8 Å². The normalized spacial score (nSPS) is 10.8. The number of para-hydroxylation sites is 1. The molecule has 0 radical (unpaired) electrons. The van der Waals surface area contributed by atoms with Crippen molar-refractivity contribution in [2.45, 2.75) is 6.92 Å². The number of carbonyl (C=O) groups excluding carboxylic acids is 1. The average Bonchev–Trinajstić information content (AvgIpc) is 3.22. The highest BCUT2D eigenvalue weighted by molar-refractivity contribution is 7.20. The maximum absolute atomic E-state index is 13.2. The van der Waals surface area contributed by atoms with Crippen LogP contribution < -0.4 is 10.9 Å². The number of hydrazine groups is 1. The fourth-order valence-corrected chi connectivity index (χ4v) is 3.71. The van der Waals surface area contributed by atoms with Crippen molar-refractivity contribution in [2.24, 2.45) is 0 Å². The van der Waals surface area contributed by atoms with Crippen molar-refractivity contribution in [1.29, 1.82) is 0 Å². The number of nitrogens with one attached hydrogen (secondary N) is 2. The Bertz CT molecular complexity index is 1070. The maximum Gasteiger partial charge on any atom is 0.279 e. The first-order valence-corrected chi connectivity index (χ1v) is 8.80. The van der Waals surface area contributed by atoms with E-state index >= 15 is 0 Å². The second-order valence-corrected chi connectivity index (χ2v) is 6.78. The number of benzene rings is 2. The van der Waals surface area contributed by atoms with Gasteiger partial charge >= 0.3 is 0 Å². The van der Waals surface area contributed by atoms with Gasteiger partial charge in [0, 0.05) is 5.39 Å². The third kappa shape index (κ3) is 3.04. The van der Waals surface area contributed by atoms with E-state index in [1.165, 1.54) is 23.5 Å². The second kappa shape index (κ2) is 6.61. The van der Waals surface area contributed by atoms with Gasteiger partial charge in [0.15, 0.2) is 0 Å². The molecule has 0 fully saturated rings. The molecule has 7 heteroatoms. The van der Waals surface area contributed by atoms with Crippen molar-refractivity contribution in [2.75, 3.05) is 5.43 Å². The van der Waals surface area contributed by atoms with Gasteiger partial charge in [0.1, 0.15) is 10.6 Å². The van der Waals surface area contributed by atoms with Gasteiger partial charge in [-0.25, -0.2) is 9.07 Å². The van der Waals surface area contributed by atoms with E-state index in [1.807, 2.05) is 43.3 Å². The van der Waals surface area contributed by atoms with Crippen LogP contribution in [0.15, 0.2) is 60.7 Å². The number of fused-ring (bicyclic) bond motifs is 1. The molecule has 0 spiro atoms. The van der Waals surface area contributed by atoms with Crippen molar-refractivity contribution in [1.82, 2.24) is 15.2 Å². The fraction of sp³-hybridized carbons (Fsp3) is 0.0526. The van der Waals surface area contributed by atoms with E-state index in [-0.39, 0.29) is 11.7 Å². The minimum absolute atomic E-state index is 0.222. The number of hydrogen-bond donors (Lipinski definition) is 2. The average molecular weight is 366 g/mol. The van der Waals surface area contributed by atoms with Gasteiger partial charge in [0.05, 0.1) is 21.9 Å². The van der Waals surface area contributed by atoms with Gasteiger partial charge in [-0.1, -0.05) is 18.2 Å². The van der Waals surface area contributed by atoms with Crippen molar-refractivity contribution < 1.29 is 9.18 Å². The molecule has 0 aliphatic rings. The smallest absolute Gasteiger partial charge is 0.279 e. The summed E-state index contributed by atoms with van der Waals surface area (Å²) in [5.74, 6) is -0.521. The molecular weight excluding hydrogens is 351 g/mol. The van der Waals surface area contributed by atoms with Crippen LogP contribution >= 0.6 is 11.3 Å². The van der Waals surface area contributed by atoms with Gasteiger partial charge in [-0.2, -0.15) is 5.10 Å². The lowest BCUT2D eigenvalue weighted by molar-refractivity contribution is 0.0966. The standard InChI is InChI=1S/C19H15FN4OS/c1-12-16-11-17(18(25)22-21-14-5-3-2-4-6-14)26-19(16)24(23-12)15-9-7-13(20)8-10-15/h2-11,21H,1H3,(H,22,25). The summed E-state index contributed by atoms with van der Waals surface area (Å²) < 4.78 is 14.9. The van der Waals surface area contributed by atoms with Gasteiger partial charge in [0.25, 0.3) is 5.91 Å². The summed E-state index contributed by atoms with van der Waals surface area (Å²) in [6.07, 6.45) is 0. The van der Waals surface area contributed by atoms with Crippen molar-refractivity contribution >= 4 is 33.1 Å². The molecule has 4 aromatic rings. The first-order valence-electron chi connectivity index (χ1n) is 7.98. The number of anilines is 1. The quantitative estimate of drug-likeness (QED) is 0.530. The number of amides is 1. The van der Waals surface area contributed by atoms with E-state index in [0.29, 0.717) is 4.88 Å². The fourth-order valence-electron chi connectivity index (χ4n) is 2.63. The number of rotatable bonds is 4. The predicted molar refractivity (Wildman–Crippen MR) is 101 cm³/mol. The zero-order chi connectivity index (χ0) is 18.1. The highest BCUT2D eigenvalue weighted by Crippen LogP contribution is 2.30. The summed E-state index contributed by atoms with van der Waals surface area (Å²) in [6.45, 7) is 1.89. The first kappa shape index (κ1) is 16.3. The van der Waals surface area contributed by atoms with Crippen LogP contribution in [-0.2, 0) is 0 Å². The molecule has 130 valence electrons. The molecule has 0 saturated heterocycles. The van der Waals surface area contributed by atoms with Gasteiger partial charge < -0.3 is 0 Å². The summed E-state index contributed by atoms with van der Waals surface area (Å²) in [5.41, 5.74) is 7.95. The molecule has 0 aliphatic carbocycles. The monoisotopic (exact) mass is 366 g/mol. The second-order valence-electron chi connectivity index (χ2n) is 5.75. The number of thiophene rings is 1. The highest BCUT2D eigenvalue weighted by atomic mass is 32.1. The molecule has 5 nitrogen and oxygen atoms in total. The van der Waals surface area contributed by atoms with Crippen LogP contribution in [0.4, 0.5) is 10.1 Å². The number of halogens is 1. The molecule has 2 aromatic carbocycles. The van der Waals surface area contributed by atoms with Gasteiger partial charge in [-0.3, -0.25) is 15.6 Å². The van der Waals surface area contributed by atoms with E-state index in [0.717, 1.165) is 27.3 Å². The van der Waals surface area contributed by atoms with E-state index in [4.69, 9.17) is 0 Å². The van der Waals surface area contributed by atoms with E-state index in [2.05, 4.69) is 16.0 Å². The molecule has 26 heavy (non-hydrogen) atoms. The summed E-state index contributed by atoms with van der Waals surface area (Å²) in [4.78, 5) is 13.9. The summed E-state index contributed by atoms with van der Waals surface area (Å²) in [6, 6.07) is 17.3.